The fraction of sp³-hybridized carbons (Fsp3) is 0.381. The normalized spacial score (nSPS) is 14.7. The molecule has 0 bridgehead atoms. The molecular weight excluding hydrogens is 358 g/mol. The fourth-order valence-electron chi connectivity index (χ4n) is 2.97. The van der Waals surface area contributed by atoms with Gasteiger partial charge in [-0.15, -0.1) is 11.8 Å². The molecule has 27 heavy (non-hydrogen) atoms. The van der Waals surface area contributed by atoms with E-state index in [-0.39, 0.29) is 6.03 Å². The second-order valence-electron chi connectivity index (χ2n) is 6.43. The van der Waals surface area contributed by atoms with Crippen LogP contribution in [0.3, 0.4) is 0 Å². The first-order valence-corrected chi connectivity index (χ1v) is 10.4. The third-order valence-corrected chi connectivity index (χ3v) is 5.47. The van der Waals surface area contributed by atoms with Crippen molar-refractivity contribution in [2.24, 2.45) is 0 Å². The number of hydrogen-bond donors (Lipinski definition) is 2. The Morgan fingerprint density at radius 3 is 2.44 bits per heavy atom. The van der Waals surface area contributed by atoms with E-state index in [1.807, 2.05) is 24.3 Å². The molecule has 0 aliphatic carbocycles. The lowest BCUT2D eigenvalue weighted by Crippen LogP contribution is -2.37. The van der Waals surface area contributed by atoms with E-state index in [4.69, 9.17) is 4.74 Å². The van der Waals surface area contributed by atoms with Gasteiger partial charge in [-0.25, -0.2) is 4.79 Å². The zero-order valence-electron chi connectivity index (χ0n) is 15.5. The predicted octanol–water partition coefficient (Wildman–Crippen LogP) is 3.11. The van der Waals surface area contributed by atoms with Crippen molar-refractivity contribution < 1.29 is 9.53 Å². The lowest BCUT2D eigenvalue weighted by Gasteiger charge is -2.27. The highest BCUT2D eigenvalue weighted by Gasteiger charge is 2.13. The Kier molecular flexibility index (Phi) is 8.02. The monoisotopic (exact) mass is 385 g/mol. The zero-order valence-corrected chi connectivity index (χ0v) is 16.3. The largest absolute Gasteiger partial charge is 0.379 e. The van der Waals surface area contributed by atoms with Crippen LogP contribution in [0.15, 0.2) is 59.5 Å². The average molecular weight is 386 g/mol. The maximum absolute atomic E-state index is 12.1. The summed E-state index contributed by atoms with van der Waals surface area (Å²) >= 11 is 1.74. The molecule has 1 aliphatic rings. The molecule has 1 saturated heterocycles. The molecule has 0 spiro atoms. The van der Waals surface area contributed by atoms with Crippen molar-refractivity contribution in [3.63, 3.8) is 0 Å². The van der Waals surface area contributed by atoms with Crippen LogP contribution in [0.1, 0.15) is 11.1 Å². The number of carbonyl (C=O) groups is 1. The molecule has 2 aromatic carbocycles. The first kappa shape index (κ1) is 19.7. The lowest BCUT2D eigenvalue weighted by molar-refractivity contribution is 0.0341. The molecular formula is C21H27N3O2S. The minimum Gasteiger partial charge on any atom is -0.379 e. The number of rotatable bonds is 8. The van der Waals surface area contributed by atoms with E-state index in [0.717, 1.165) is 44.2 Å². The molecule has 2 aromatic rings. The molecule has 2 amide bonds. The molecule has 1 heterocycles. The topological polar surface area (TPSA) is 53.6 Å². The summed E-state index contributed by atoms with van der Waals surface area (Å²) in [6.07, 6.45) is 0. The highest BCUT2D eigenvalue weighted by Crippen LogP contribution is 2.16. The van der Waals surface area contributed by atoms with Crippen LogP contribution in [-0.2, 0) is 17.8 Å². The van der Waals surface area contributed by atoms with Crippen molar-refractivity contribution in [2.45, 2.75) is 18.0 Å². The quantitative estimate of drug-likeness (QED) is 0.542. The number of urea groups is 1. The number of hydrogen-bond acceptors (Lipinski definition) is 4. The van der Waals surface area contributed by atoms with Gasteiger partial charge in [-0.3, -0.25) is 4.90 Å². The van der Waals surface area contributed by atoms with Gasteiger partial charge in [0.25, 0.3) is 0 Å². The molecule has 2 N–H and O–H groups in total. The number of thioether (sulfide) groups is 1. The van der Waals surface area contributed by atoms with Crippen molar-refractivity contribution in [1.29, 1.82) is 0 Å². The summed E-state index contributed by atoms with van der Waals surface area (Å²) < 4.78 is 5.41. The van der Waals surface area contributed by atoms with Gasteiger partial charge in [0.05, 0.1) is 13.2 Å². The van der Waals surface area contributed by atoms with Gasteiger partial charge in [-0.1, -0.05) is 42.5 Å². The van der Waals surface area contributed by atoms with Gasteiger partial charge in [0.2, 0.25) is 0 Å². The molecule has 144 valence electrons. The van der Waals surface area contributed by atoms with Crippen molar-refractivity contribution in [2.75, 3.05) is 38.6 Å². The summed E-state index contributed by atoms with van der Waals surface area (Å²) in [7, 11) is 0. The number of nitrogens with zero attached hydrogens (tertiary/aromatic N) is 1. The summed E-state index contributed by atoms with van der Waals surface area (Å²) in [6, 6.07) is 18.4. The Morgan fingerprint density at radius 2 is 1.67 bits per heavy atom. The van der Waals surface area contributed by atoms with E-state index < -0.39 is 0 Å². The van der Waals surface area contributed by atoms with E-state index in [9.17, 15) is 4.79 Å². The van der Waals surface area contributed by atoms with Gasteiger partial charge < -0.3 is 15.4 Å². The average Bonchev–Trinajstić information content (AvgIpc) is 2.72. The number of benzene rings is 2. The molecule has 0 radical (unpaired) electrons. The van der Waals surface area contributed by atoms with Crippen molar-refractivity contribution in [1.82, 2.24) is 15.5 Å². The minimum absolute atomic E-state index is 0.121. The standard InChI is InChI=1S/C21H27N3O2S/c25-21(22-10-15-27-20-8-2-1-3-9-20)23-16-18-6-4-5-7-19(18)17-24-11-13-26-14-12-24/h1-9H,10-17H2,(H2,22,23,25). The molecule has 1 aliphatic heterocycles. The summed E-state index contributed by atoms with van der Waals surface area (Å²) in [5, 5.41) is 5.90. The molecule has 0 saturated carbocycles. The van der Waals surface area contributed by atoms with E-state index >= 15 is 0 Å². The van der Waals surface area contributed by atoms with Gasteiger partial charge in [0, 0.05) is 43.4 Å². The first-order valence-electron chi connectivity index (χ1n) is 9.38. The molecule has 0 unspecified atom stereocenters. The minimum atomic E-state index is -0.121. The SMILES string of the molecule is O=C(NCCSc1ccccc1)NCc1ccccc1CN1CCOCC1. The van der Waals surface area contributed by atoms with Gasteiger partial charge in [-0.2, -0.15) is 0 Å². The number of ether oxygens (including phenoxy) is 1. The summed E-state index contributed by atoms with van der Waals surface area (Å²) in [5.41, 5.74) is 2.43. The third-order valence-electron chi connectivity index (χ3n) is 4.45. The molecule has 1 fully saturated rings. The van der Waals surface area contributed by atoms with E-state index in [1.165, 1.54) is 10.5 Å². The van der Waals surface area contributed by atoms with Crippen LogP contribution in [-0.4, -0.2) is 49.5 Å². The van der Waals surface area contributed by atoms with E-state index in [0.29, 0.717) is 13.1 Å². The van der Waals surface area contributed by atoms with Crippen LogP contribution in [0, 0.1) is 0 Å². The van der Waals surface area contributed by atoms with Crippen LogP contribution >= 0.6 is 11.8 Å². The first-order chi connectivity index (χ1) is 13.3. The summed E-state index contributed by atoms with van der Waals surface area (Å²) in [5.74, 6) is 0.852. The van der Waals surface area contributed by atoms with Crippen LogP contribution in [0.25, 0.3) is 0 Å². The second kappa shape index (κ2) is 11.0. The van der Waals surface area contributed by atoms with E-state index in [1.54, 1.807) is 11.8 Å². The third kappa shape index (κ3) is 6.90. The van der Waals surface area contributed by atoms with Gasteiger partial charge >= 0.3 is 6.03 Å². The van der Waals surface area contributed by atoms with Gasteiger partial charge in [-0.05, 0) is 23.3 Å². The highest BCUT2D eigenvalue weighted by atomic mass is 32.2. The predicted molar refractivity (Wildman–Crippen MR) is 110 cm³/mol. The number of morpholine rings is 1. The lowest BCUT2D eigenvalue weighted by atomic mass is 10.1. The summed E-state index contributed by atoms with van der Waals surface area (Å²) in [6.45, 7) is 5.59. The number of carbonyl (C=O) groups excluding carboxylic acids is 1. The Bertz CT molecular complexity index is 706. The second-order valence-corrected chi connectivity index (χ2v) is 7.60. The van der Waals surface area contributed by atoms with Crippen LogP contribution in [0.2, 0.25) is 0 Å². The van der Waals surface area contributed by atoms with Crippen LogP contribution < -0.4 is 10.6 Å². The number of nitrogens with one attached hydrogen (secondary N) is 2. The van der Waals surface area contributed by atoms with Crippen molar-refractivity contribution >= 4 is 17.8 Å². The molecule has 6 heteroatoms. The molecule has 5 nitrogen and oxygen atoms in total. The Balaban J connectivity index is 1.39. The van der Waals surface area contributed by atoms with Crippen molar-refractivity contribution in [3.8, 4) is 0 Å². The summed E-state index contributed by atoms with van der Waals surface area (Å²) in [4.78, 5) is 15.7. The maximum Gasteiger partial charge on any atom is 0.315 e. The molecule has 0 atom stereocenters. The zero-order chi connectivity index (χ0) is 18.7. The smallest absolute Gasteiger partial charge is 0.315 e. The van der Waals surface area contributed by atoms with Gasteiger partial charge in [0.15, 0.2) is 0 Å². The maximum atomic E-state index is 12.1. The highest BCUT2D eigenvalue weighted by molar-refractivity contribution is 7.99. The molecule has 0 aromatic heterocycles. The van der Waals surface area contributed by atoms with Gasteiger partial charge in [0.1, 0.15) is 0 Å². The Labute approximate surface area is 165 Å². The van der Waals surface area contributed by atoms with Crippen molar-refractivity contribution in [3.05, 3.63) is 65.7 Å². The fourth-order valence-corrected chi connectivity index (χ4v) is 3.76. The van der Waals surface area contributed by atoms with Crippen LogP contribution in [0.5, 0.6) is 0 Å². The Hall–Kier alpha value is -2.02. The van der Waals surface area contributed by atoms with Crippen LogP contribution in [0.4, 0.5) is 4.79 Å². The Morgan fingerprint density at radius 1 is 0.963 bits per heavy atom. The van der Waals surface area contributed by atoms with E-state index in [2.05, 4.69) is 45.9 Å². The number of amides is 2. The molecule has 3 rings (SSSR count).